The lowest BCUT2D eigenvalue weighted by Crippen LogP contribution is -2.42. The Balaban J connectivity index is 1.92. The Labute approximate surface area is 146 Å². The predicted molar refractivity (Wildman–Crippen MR) is 93.4 cm³/mol. The highest BCUT2D eigenvalue weighted by molar-refractivity contribution is 6.04. The van der Waals surface area contributed by atoms with Crippen molar-refractivity contribution < 1.29 is 14.0 Å². The second-order valence-corrected chi connectivity index (χ2v) is 6.37. The van der Waals surface area contributed by atoms with E-state index in [1.165, 1.54) is 12.1 Å². The van der Waals surface area contributed by atoms with E-state index in [-0.39, 0.29) is 30.2 Å². The van der Waals surface area contributed by atoms with Crippen molar-refractivity contribution in [3.8, 4) is 0 Å². The monoisotopic (exact) mass is 340 g/mol. The summed E-state index contributed by atoms with van der Waals surface area (Å²) >= 11 is 0. The van der Waals surface area contributed by atoms with Crippen LogP contribution in [0.5, 0.6) is 0 Å². The molecule has 0 aliphatic carbocycles. The summed E-state index contributed by atoms with van der Waals surface area (Å²) < 4.78 is 13.1. The molecule has 0 aromatic heterocycles. The summed E-state index contributed by atoms with van der Waals surface area (Å²) in [7, 11) is 0. The van der Waals surface area contributed by atoms with Crippen molar-refractivity contribution in [1.82, 2.24) is 10.2 Å². The van der Waals surface area contributed by atoms with E-state index in [1.54, 1.807) is 29.2 Å². The van der Waals surface area contributed by atoms with Crippen LogP contribution in [0.1, 0.15) is 47.8 Å². The molecular weight excluding hydrogens is 319 g/mol. The molecular formula is C20H21FN2O2. The normalized spacial score (nSPS) is 17.3. The highest BCUT2D eigenvalue weighted by atomic mass is 19.1. The van der Waals surface area contributed by atoms with Crippen LogP contribution in [-0.4, -0.2) is 22.8 Å². The minimum atomic E-state index is -0.664. The van der Waals surface area contributed by atoms with Crippen LogP contribution in [0.25, 0.3) is 0 Å². The molecule has 2 aromatic rings. The van der Waals surface area contributed by atoms with Crippen molar-refractivity contribution >= 4 is 11.8 Å². The van der Waals surface area contributed by atoms with E-state index in [9.17, 15) is 14.0 Å². The SMILES string of the molecule is CC[C@H](C)NC(=O)[C@@H]1c2ccccc2C(=O)N1Cc1ccc(F)cc1. The van der Waals surface area contributed by atoms with Crippen LogP contribution in [0.2, 0.25) is 0 Å². The largest absolute Gasteiger partial charge is 0.352 e. The highest BCUT2D eigenvalue weighted by Gasteiger charge is 2.40. The first-order valence-corrected chi connectivity index (χ1v) is 8.46. The molecule has 1 N–H and O–H groups in total. The van der Waals surface area contributed by atoms with Gasteiger partial charge in [-0.15, -0.1) is 0 Å². The fourth-order valence-electron chi connectivity index (χ4n) is 3.03. The van der Waals surface area contributed by atoms with Crippen LogP contribution in [0.3, 0.4) is 0 Å². The van der Waals surface area contributed by atoms with Gasteiger partial charge in [0.05, 0.1) is 0 Å². The molecule has 1 heterocycles. The Morgan fingerprint density at radius 2 is 1.88 bits per heavy atom. The van der Waals surface area contributed by atoms with Gasteiger partial charge in [-0.05, 0) is 42.7 Å². The molecule has 0 radical (unpaired) electrons. The number of benzene rings is 2. The molecule has 2 aromatic carbocycles. The van der Waals surface area contributed by atoms with Crippen LogP contribution < -0.4 is 5.32 Å². The van der Waals surface area contributed by atoms with Crippen molar-refractivity contribution in [2.24, 2.45) is 0 Å². The Morgan fingerprint density at radius 3 is 2.56 bits per heavy atom. The van der Waals surface area contributed by atoms with Gasteiger partial charge in [0.25, 0.3) is 5.91 Å². The molecule has 5 heteroatoms. The van der Waals surface area contributed by atoms with Gasteiger partial charge in [-0.25, -0.2) is 4.39 Å². The molecule has 1 aliphatic rings. The molecule has 25 heavy (non-hydrogen) atoms. The van der Waals surface area contributed by atoms with E-state index in [4.69, 9.17) is 0 Å². The highest BCUT2D eigenvalue weighted by Crippen LogP contribution is 2.35. The van der Waals surface area contributed by atoms with Crippen LogP contribution in [0.4, 0.5) is 4.39 Å². The van der Waals surface area contributed by atoms with Gasteiger partial charge in [-0.3, -0.25) is 9.59 Å². The van der Waals surface area contributed by atoms with Crippen molar-refractivity contribution in [2.45, 2.75) is 38.9 Å². The van der Waals surface area contributed by atoms with Crippen molar-refractivity contribution in [3.05, 3.63) is 71.0 Å². The quantitative estimate of drug-likeness (QED) is 0.906. The zero-order valence-corrected chi connectivity index (χ0v) is 14.3. The Morgan fingerprint density at radius 1 is 1.20 bits per heavy atom. The second kappa shape index (κ2) is 7.05. The number of fused-ring (bicyclic) bond motifs is 1. The summed E-state index contributed by atoms with van der Waals surface area (Å²) in [5.74, 6) is -0.690. The van der Waals surface area contributed by atoms with E-state index in [1.807, 2.05) is 26.0 Å². The third-order valence-corrected chi connectivity index (χ3v) is 4.57. The van der Waals surface area contributed by atoms with Crippen LogP contribution in [0, 0.1) is 5.82 Å². The lowest BCUT2D eigenvalue weighted by atomic mass is 10.0. The predicted octanol–water partition coefficient (Wildman–Crippen LogP) is 3.44. The maximum absolute atomic E-state index is 13.1. The number of hydrogen-bond acceptors (Lipinski definition) is 2. The number of nitrogens with zero attached hydrogens (tertiary/aromatic N) is 1. The standard InChI is InChI=1S/C20H21FN2O2/c1-3-13(2)22-19(24)18-16-6-4-5-7-17(16)20(25)23(18)12-14-8-10-15(21)11-9-14/h4-11,13,18H,3,12H2,1-2H3,(H,22,24)/t13-,18-/m0/s1. The minimum absolute atomic E-state index is 0.0306. The Hall–Kier alpha value is -2.69. The molecule has 4 nitrogen and oxygen atoms in total. The number of halogens is 1. The lowest BCUT2D eigenvalue weighted by molar-refractivity contribution is -0.126. The number of nitrogens with one attached hydrogen (secondary N) is 1. The first-order valence-electron chi connectivity index (χ1n) is 8.46. The smallest absolute Gasteiger partial charge is 0.255 e. The Kier molecular flexibility index (Phi) is 4.83. The summed E-state index contributed by atoms with van der Waals surface area (Å²) in [4.78, 5) is 27.2. The van der Waals surface area contributed by atoms with Gasteiger partial charge in [0.15, 0.2) is 0 Å². The summed E-state index contributed by atoms with van der Waals surface area (Å²) in [6.07, 6.45) is 0.812. The van der Waals surface area contributed by atoms with Crippen LogP contribution in [0.15, 0.2) is 48.5 Å². The zero-order chi connectivity index (χ0) is 18.0. The van der Waals surface area contributed by atoms with E-state index in [2.05, 4.69) is 5.32 Å². The van der Waals surface area contributed by atoms with Crippen LogP contribution >= 0.6 is 0 Å². The minimum Gasteiger partial charge on any atom is -0.352 e. The third-order valence-electron chi connectivity index (χ3n) is 4.57. The fraction of sp³-hybridized carbons (Fsp3) is 0.300. The molecule has 2 atom stereocenters. The van der Waals surface area contributed by atoms with Crippen molar-refractivity contribution in [1.29, 1.82) is 0 Å². The van der Waals surface area contributed by atoms with Gasteiger partial charge in [0.1, 0.15) is 11.9 Å². The molecule has 0 saturated carbocycles. The molecule has 0 bridgehead atoms. The number of amides is 2. The molecule has 130 valence electrons. The number of carbonyl (C=O) groups excluding carboxylic acids is 2. The van der Waals surface area contributed by atoms with Gasteiger partial charge in [0, 0.05) is 18.2 Å². The lowest BCUT2D eigenvalue weighted by Gasteiger charge is -2.26. The number of carbonyl (C=O) groups is 2. The van der Waals surface area contributed by atoms with E-state index < -0.39 is 6.04 Å². The van der Waals surface area contributed by atoms with Gasteiger partial charge in [0.2, 0.25) is 5.91 Å². The molecule has 2 amide bonds. The topological polar surface area (TPSA) is 49.4 Å². The van der Waals surface area contributed by atoms with Crippen molar-refractivity contribution in [3.63, 3.8) is 0 Å². The van der Waals surface area contributed by atoms with Gasteiger partial charge in [-0.2, -0.15) is 0 Å². The average molecular weight is 340 g/mol. The molecule has 0 fully saturated rings. The van der Waals surface area contributed by atoms with Crippen molar-refractivity contribution in [2.75, 3.05) is 0 Å². The summed E-state index contributed by atoms with van der Waals surface area (Å²) in [6.45, 7) is 4.19. The Bertz CT molecular complexity index is 789. The molecule has 0 spiro atoms. The first-order chi connectivity index (χ1) is 12.0. The first kappa shape index (κ1) is 17.1. The molecule has 0 unspecified atom stereocenters. The summed E-state index contributed by atoms with van der Waals surface area (Å²) in [6, 6.07) is 12.5. The average Bonchev–Trinajstić information content (AvgIpc) is 2.89. The molecule has 1 aliphatic heterocycles. The molecule has 3 rings (SSSR count). The number of hydrogen-bond donors (Lipinski definition) is 1. The van der Waals surface area contributed by atoms with Gasteiger partial charge < -0.3 is 10.2 Å². The van der Waals surface area contributed by atoms with Crippen LogP contribution in [-0.2, 0) is 11.3 Å². The maximum Gasteiger partial charge on any atom is 0.255 e. The van der Waals surface area contributed by atoms with E-state index in [0.717, 1.165) is 17.5 Å². The summed E-state index contributed by atoms with van der Waals surface area (Å²) in [5, 5.41) is 2.96. The second-order valence-electron chi connectivity index (χ2n) is 6.37. The fourth-order valence-corrected chi connectivity index (χ4v) is 3.03. The zero-order valence-electron chi connectivity index (χ0n) is 14.3. The van der Waals surface area contributed by atoms with Gasteiger partial charge >= 0.3 is 0 Å². The number of rotatable bonds is 5. The molecule has 0 saturated heterocycles. The van der Waals surface area contributed by atoms with E-state index >= 15 is 0 Å². The van der Waals surface area contributed by atoms with Gasteiger partial charge in [-0.1, -0.05) is 37.3 Å². The maximum atomic E-state index is 13.1. The van der Waals surface area contributed by atoms with E-state index in [0.29, 0.717) is 5.56 Å². The third kappa shape index (κ3) is 3.40. The summed E-state index contributed by atoms with van der Waals surface area (Å²) in [5.41, 5.74) is 2.05.